The predicted octanol–water partition coefficient (Wildman–Crippen LogP) is 1.51. The number of aromatic amines is 1. The summed E-state index contributed by atoms with van der Waals surface area (Å²) in [4.78, 5) is 2.36. The van der Waals surface area contributed by atoms with E-state index in [2.05, 4.69) is 28.4 Å². The van der Waals surface area contributed by atoms with Crippen molar-refractivity contribution in [2.75, 3.05) is 19.8 Å². The number of fused-ring (bicyclic) bond motifs is 1. The third kappa shape index (κ3) is 1.74. The van der Waals surface area contributed by atoms with E-state index >= 15 is 0 Å². The molecule has 0 atom stereocenters. The summed E-state index contributed by atoms with van der Waals surface area (Å²) in [5, 5.41) is 8.61. The number of rotatable bonds is 1. The molecule has 3 nitrogen and oxygen atoms in total. The van der Waals surface area contributed by atoms with Crippen molar-refractivity contribution in [3.63, 3.8) is 0 Å². The van der Waals surface area contributed by atoms with Gasteiger partial charge in [-0.15, -0.1) is 11.8 Å². The van der Waals surface area contributed by atoms with Gasteiger partial charge in [0, 0.05) is 17.8 Å². The summed E-state index contributed by atoms with van der Waals surface area (Å²) < 4.78 is 0. The van der Waals surface area contributed by atoms with Crippen LogP contribution in [0.2, 0.25) is 0 Å². The fourth-order valence-corrected chi connectivity index (χ4v) is 2.37. The van der Waals surface area contributed by atoms with Gasteiger partial charge in [0.25, 0.3) is 0 Å². The molecule has 0 fully saturated rings. The molecular weight excluding hydrogens is 182 g/mol. The van der Waals surface area contributed by atoms with Gasteiger partial charge in [0.2, 0.25) is 0 Å². The van der Waals surface area contributed by atoms with Gasteiger partial charge in [-0.3, -0.25) is 5.10 Å². The van der Waals surface area contributed by atoms with Gasteiger partial charge in [-0.1, -0.05) is 0 Å². The van der Waals surface area contributed by atoms with E-state index in [1.807, 2.05) is 0 Å². The van der Waals surface area contributed by atoms with E-state index in [-0.39, 0.29) is 0 Å². The number of thioether (sulfide) groups is 1. The molecule has 1 aliphatic rings. The summed E-state index contributed by atoms with van der Waals surface area (Å²) in [5.41, 5.74) is 2.75. The van der Waals surface area contributed by atoms with Crippen LogP contribution in [0.15, 0.2) is 5.03 Å². The third-order valence-corrected chi connectivity index (χ3v) is 3.23. The van der Waals surface area contributed by atoms with Gasteiger partial charge in [-0.05, 0) is 32.7 Å². The lowest BCUT2D eigenvalue weighted by Gasteiger charge is -2.12. The van der Waals surface area contributed by atoms with Crippen molar-refractivity contribution in [3.8, 4) is 0 Å². The van der Waals surface area contributed by atoms with Gasteiger partial charge in [-0.2, -0.15) is 5.10 Å². The first-order valence-electron chi connectivity index (χ1n) is 4.60. The summed E-state index contributed by atoms with van der Waals surface area (Å²) in [7, 11) is 2.17. The molecule has 1 aliphatic heterocycles. The molecule has 0 aromatic carbocycles. The summed E-state index contributed by atoms with van der Waals surface area (Å²) in [5.74, 6) is 0. The monoisotopic (exact) mass is 197 g/mol. The number of aryl methyl sites for hydroxylation is 1. The van der Waals surface area contributed by atoms with Crippen LogP contribution in [-0.2, 0) is 13.0 Å². The van der Waals surface area contributed by atoms with E-state index in [1.165, 1.54) is 29.2 Å². The molecular formula is C9H15N3S. The molecule has 2 rings (SSSR count). The minimum absolute atomic E-state index is 1.04. The second-order valence-electron chi connectivity index (χ2n) is 3.53. The van der Waals surface area contributed by atoms with Crippen LogP contribution in [0.3, 0.4) is 0 Å². The standard InChI is InChI=1S/C9H15N3S/c1-12-5-3-4-8-7(6-12)9(13-2)11-10-8/h3-6H2,1-2H3,(H,10,11). The minimum atomic E-state index is 1.04. The van der Waals surface area contributed by atoms with E-state index in [0.29, 0.717) is 0 Å². The molecule has 13 heavy (non-hydrogen) atoms. The zero-order valence-corrected chi connectivity index (χ0v) is 8.95. The second-order valence-corrected chi connectivity index (χ2v) is 4.33. The highest BCUT2D eigenvalue weighted by atomic mass is 32.2. The Balaban J connectivity index is 2.32. The smallest absolute Gasteiger partial charge is 0.122 e. The van der Waals surface area contributed by atoms with Gasteiger partial charge in [-0.25, -0.2) is 0 Å². The molecule has 72 valence electrons. The van der Waals surface area contributed by atoms with Crippen molar-refractivity contribution in [1.29, 1.82) is 0 Å². The summed E-state index contributed by atoms with van der Waals surface area (Å²) in [6, 6.07) is 0. The Morgan fingerprint density at radius 1 is 1.54 bits per heavy atom. The lowest BCUT2D eigenvalue weighted by molar-refractivity contribution is 0.329. The predicted molar refractivity (Wildman–Crippen MR) is 55.0 cm³/mol. The van der Waals surface area contributed by atoms with Crippen LogP contribution in [0.25, 0.3) is 0 Å². The number of aromatic nitrogens is 2. The van der Waals surface area contributed by atoms with Crippen LogP contribution in [0, 0.1) is 0 Å². The molecule has 2 heterocycles. The van der Waals surface area contributed by atoms with Crippen molar-refractivity contribution in [2.24, 2.45) is 0 Å². The van der Waals surface area contributed by atoms with Crippen molar-refractivity contribution < 1.29 is 0 Å². The third-order valence-electron chi connectivity index (χ3n) is 2.50. The first-order chi connectivity index (χ1) is 6.31. The highest BCUT2D eigenvalue weighted by Crippen LogP contribution is 2.24. The largest absolute Gasteiger partial charge is 0.302 e. The van der Waals surface area contributed by atoms with Crippen molar-refractivity contribution >= 4 is 11.8 Å². The molecule has 1 aromatic heterocycles. The first kappa shape index (κ1) is 9.09. The average Bonchev–Trinajstić information content (AvgIpc) is 2.39. The number of nitrogens with zero attached hydrogens (tertiary/aromatic N) is 2. The van der Waals surface area contributed by atoms with E-state index in [4.69, 9.17) is 0 Å². The van der Waals surface area contributed by atoms with Crippen molar-refractivity contribution in [2.45, 2.75) is 24.4 Å². The number of nitrogens with one attached hydrogen (secondary N) is 1. The van der Waals surface area contributed by atoms with Crippen LogP contribution >= 0.6 is 11.8 Å². The molecule has 0 amide bonds. The van der Waals surface area contributed by atoms with Gasteiger partial charge in [0.15, 0.2) is 0 Å². The Morgan fingerprint density at radius 3 is 3.15 bits per heavy atom. The Hall–Kier alpha value is -0.480. The number of H-pyrrole nitrogens is 1. The summed E-state index contributed by atoms with van der Waals surface area (Å²) in [6.45, 7) is 2.23. The SMILES string of the molecule is CSc1n[nH]c2c1CN(C)CCC2. The van der Waals surface area contributed by atoms with Crippen LogP contribution in [0.1, 0.15) is 17.7 Å². The normalized spacial score (nSPS) is 18.3. The maximum absolute atomic E-state index is 4.30. The highest BCUT2D eigenvalue weighted by Gasteiger charge is 2.17. The lowest BCUT2D eigenvalue weighted by Crippen LogP contribution is -2.17. The second kappa shape index (κ2) is 3.72. The molecule has 4 heteroatoms. The van der Waals surface area contributed by atoms with E-state index in [0.717, 1.165) is 13.0 Å². The quantitative estimate of drug-likeness (QED) is 0.693. The molecule has 1 N–H and O–H groups in total. The van der Waals surface area contributed by atoms with Gasteiger partial charge < -0.3 is 4.90 Å². The Kier molecular flexibility index (Phi) is 2.60. The van der Waals surface area contributed by atoms with Gasteiger partial charge >= 0.3 is 0 Å². The minimum Gasteiger partial charge on any atom is -0.302 e. The molecule has 1 aromatic rings. The number of hydrogen-bond donors (Lipinski definition) is 1. The Bertz CT molecular complexity index is 295. The average molecular weight is 197 g/mol. The zero-order chi connectivity index (χ0) is 9.26. The van der Waals surface area contributed by atoms with Crippen molar-refractivity contribution in [3.05, 3.63) is 11.3 Å². The lowest BCUT2D eigenvalue weighted by atomic mass is 10.2. The maximum Gasteiger partial charge on any atom is 0.122 e. The van der Waals surface area contributed by atoms with Crippen molar-refractivity contribution in [1.82, 2.24) is 15.1 Å². The molecule has 0 spiro atoms. The molecule has 0 bridgehead atoms. The first-order valence-corrected chi connectivity index (χ1v) is 5.82. The van der Waals surface area contributed by atoms with E-state index in [9.17, 15) is 0 Å². The van der Waals surface area contributed by atoms with Crippen LogP contribution in [0.5, 0.6) is 0 Å². The molecule has 0 radical (unpaired) electrons. The fraction of sp³-hybridized carbons (Fsp3) is 0.667. The van der Waals surface area contributed by atoms with Gasteiger partial charge in [0.1, 0.15) is 5.03 Å². The molecule has 0 saturated carbocycles. The highest BCUT2D eigenvalue weighted by molar-refractivity contribution is 7.98. The fourth-order valence-electron chi connectivity index (χ4n) is 1.80. The molecule has 0 saturated heterocycles. The summed E-state index contributed by atoms with van der Waals surface area (Å²) in [6.07, 6.45) is 4.47. The Labute approximate surface area is 82.9 Å². The summed E-state index contributed by atoms with van der Waals surface area (Å²) >= 11 is 1.73. The van der Waals surface area contributed by atoms with E-state index < -0.39 is 0 Å². The van der Waals surface area contributed by atoms with Gasteiger partial charge in [0.05, 0.1) is 0 Å². The number of hydrogen-bond acceptors (Lipinski definition) is 3. The maximum atomic E-state index is 4.30. The van der Waals surface area contributed by atoms with Crippen LogP contribution in [0.4, 0.5) is 0 Å². The topological polar surface area (TPSA) is 31.9 Å². The van der Waals surface area contributed by atoms with Crippen LogP contribution in [-0.4, -0.2) is 34.9 Å². The molecule has 0 aliphatic carbocycles. The zero-order valence-electron chi connectivity index (χ0n) is 8.13. The molecule has 0 unspecified atom stereocenters. The van der Waals surface area contributed by atoms with Crippen LogP contribution < -0.4 is 0 Å². The van der Waals surface area contributed by atoms with E-state index in [1.54, 1.807) is 11.8 Å². The Morgan fingerprint density at radius 2 is 2.38 bits per heavy atom.